The SMILES string of the molecule is COC(=O)C1C(NC(=O)C(=NOCc2ccccc2)c2csc(N)n2)C(=O)N1S(=O)(=O)[O-].[Na+]. The van der Waals surface area contributed by atoms with E-state index in [0.717, 1.165) is 24.0 Å². The van der Waals surface area contributed by atoms with Crippen molar-refractivity contribution in [1.82, 2.24) is 14.6 Å². The first-order valence-electron chi connectivity index (χ1n) is 8.76. The van der Waals surface area contributed by atoms with Gasteiger partial charge in [-0.15, -0.1) is 11.3 Å². The molecule has 33 heavy (non-hydrogen) atoms. The van der Waals surface area contributed by atoms with Crippen LogP contribution in [0.1, 0.15) is 11.3 Å². The van der Waals surface area contributed by atoms with Gasteiger partial charge in [-0.25, -0.2) is 22.5 Å². The summed E-state index contributed by atoms with van der Waals surface area (Å²) in [7, 11) is -4.37. The van der Waals surface area contributed by atoms with Gasteiger partial charge in [-0.1, -0.05) is 35.5 Å². The summed E-state index contributed by atoms with van der Waals surface area (Å²) in [5, 5.41) is 7.47. The van der Waals surface area contributed by atoms with E-state index in [0.29, 0.717) is 0 Å². The van der Waals surface area contributed by atoms with Crippen LogP contribution in [0.15, 0.2) is 40.9 Å². The predicted octanol–water partition coefficient (Wildman–Crippen LogP) is -4.02. The molecule has 3 rings (SSSR count). The molecule has 16 heteroatoms. The van der Waals surface area contributed by atoms with Crippen LogP contribution in [0.2, 0.25) is 0 Å². The second-order valence-corrected chi connectivity index (χ2v) is 8.42. The number of β-lactam (4-membered cyclic amide) rings is 1. The fraction of sp³-hybridized carbons (Fsp3) is 0.235. The molecule has 2 aromatic rings. The number of oxime groups is 1. The molecule has 1 saturated heterocycles. The Hall–Kier alpha value is -2.56. The van der Waals surface area contributed by atoms with Crippen LogP contribution in [-0.2, 0) is 40.9 Å². The van der Waals surface area contributed by atoms with E-state index in [-0.39, 0.29) is 57.0 Å². The van der Waals surface area contributed by atoms with Crippen molar-refractivity contribution in [3.63, 3.8) is 0 Å². The van der Waals surface area contributed by atoms with E-state index in [1.165, 1.54) is 5.38 Å². The topological polar surface area (TPSA) is 193 Å². The number of carbonyl (C=O) groups is 3. The van der Waals surface area contributed by atoms with Gasteiger partial charge in [-0.3, -0.25) is 9.59 Å². The van der Waals surface area contributed by atoms with Gasteiger partial charge in [0.25, 0.3) is 11.8 Å². The number of aromatic nitrogens is 1. The van der Waals surface area contributed by atoms with E-state index >= 15 is 0 Å². The summed E-state index contributed by atoms with van der Waals surface area (Å²) in [4.78, 5) is 46.0. The van der Waals surface area contributed by atoms with Crippen molar-refractivity contribution in [3.05, 3.63) is 47.0 Å². The minimum Gasteiger partial charge on any atom is -0.731 e. The van der Waals surface area contributed by atoms with Crippen LogP contribution in [0.25, 0.3) is 0 Å². The number of amides is 2. The van der Waals surface area contributed by atoms with Gasteiger partial charge in [-0.2, -0.15) is 0 Å². The number of nitrogens with two attached hydrogens (primary N) is 1. The number of nitrogens with one attached hydrogen (secondary N) is 1. The Morgan fingerprint density at radius 3 is 2.55 bits per heavy atom. The largest absolute Gasteiger partial charge is 1.00 e. The number of nitrogen functional groups attached to an aromatic ring is 1. The summed E-state index contributed by atoms with van der Waals surface area (Å²) >= 11 is 1.01. The molecule has 1 fully saturated rings. The minimum atomic E-state index is -5.30. The average Bonchev–Trinajstić information content (AvgIpc) is 3.17. The van der Waals surface area contributed by atoms with Gasteiger partial charge in [0.1, 0.15) is 18.3 Å². The zero-order valence-corrected chi connectivity index (χ0v) is 21.0. The van der Waals surface area contributed by atoms with Crippen LogP contribution >= 0.6 is 11.3 Å². The maximum atomic E-state index is 12.8. The summed E-state index contributed by atoms with van der Waals surface area (Å²) in [5.41, 5.74) is 5.99. The molecule has 13 nitrogen and oxygen atoms in total. The average molecular weight is 505 g/mol. The standard InChI is InChI=1S/C17H17N5O8S2.Na/c1-29-16(25)13-12(15(24)22(13)32(26,27)28)20-14(23)11(10-8-31-17(18)19-10)21-30-7-9-5-3-2-4-6-9;/h2-6,8,12-13H,7H2,1H3,(H2,18,19)(H,20,23)(H,26,27,28);/q;+1/p-1. The third-order valence-corrected chi connectivity index (χ3v) is 5.79. The number of esters is 1. The fourth-order valence-corrected chi connectivity index (χ4v) is 4.13. The molecule has 0 aliphatic carbocycles. The number of rotatable bonds is 8. The quantitative estimate of drug-likeness (QED) is 0.0891. The van der Waals surface area contributed by atoms with Crippen molar-refractivity contribution in [2.45, 2.75) is 18.7 Å². The number of thiazole rings is 1. The molecular formula is C17H16N5NaO8S2. The molecule has 0 spiro atoms. The van der Waals surface area contributed by atoms with Gasteiger partial charge in [0.05, 0.1) is 7.11 Å². The fourth-order valence-electron chi connectivity index (χ4n) is 2.76. The second-order valence-electron chi connectivity index (χ2n) is 6.28. The Kier molecular flexibility index (Phi) is 8.93. The smallest absolute Gasteiger partial charge is 0.731 e. The predicted molar refractivity (Wildman–Crippen MR) is 109 cm³/mol. The maximum Gasteiger partial charge on any atom is 1.00 e. The number of methoxy groups -OCH3 is 1. The minimum absolute atomic E-state index is 0. The van der Waals surface area contributed by atoms with Gasteiger partial charge < -0.3 is 25.2 Å². The van der Waals surface area contributed by atoms with Crippen LogP contribution in [0.5, 0.6) is 0 Å². The normalized spacial score (nSPS) is 18.1. The van der Waals surface area contributed by atoms with Crippen LogP contribution in [-0.4, -0.2) is 64.9 Å². The van der Waals surface area contributed by atoms with Crippen molar-refractivity contribution >= 4 is 50.3 Å². The van der Waals surface area contributed by atoms with Gasteiger partial charge in [0, 0.05) is 5.38 Å². The van der Waals surface area contributed by atoms with Gasteiger partial charge in [0.2, 0.25) is 0 Å². The maximum absolute atomic E-state index is 12.8. The Bertz CT molecular complexity index is 1170. The van der Waals surface area contributed by atoms with Crippen LogP contribution in [0.3, 0.4) is 0 Å². The molecule has 1 aliphatic heterocycles. The van der Waals surface area contributed by atoms with E-state index < -0.39 is 40.2 Å². The molecule has 3 N–H and O–H groups in total. The van der Waals surface area contributed by atoms with E-state index in [4.69, 9.17) is 10.6 Å². The summed E-state index contributed by atoms with van der Waals surface area (Å²) in [6, 6.07) is 5.37. The molecule has 2 unspecified atom stereocenters. The van der Waals surface area contributed by atoms with Crippen molar-refractivity contribution in [2.24, 2.45) is 5.16 Å². The summed E-state index contributed by atoms with van der Waals surface area (Å²) in [6.07, 6.45) is 0. The first-order chi connectivity index (χ1) is 15.1. The van der Waals surface area contributed by atoms with Crippen molar-refractivity contribution in [2.75, 3.05) is 12.8 Å². The molecule has 170 valence electrons. The number of anilines is 1. The molecule has 2 amide bonds. The van der Waals surface area contributed by atoms with Crippen LogP contribution < -0.4 is 40.6 Å². The van der Waals surface area contributed by atoms with Gasteiger partial charge in [-0.05, 0) is 5.56 Å². The summed E-state index contributed by atoms with van der Waals surface area (Å²) in [5.74, 6) is -3.52. The number of carbonyl (C=O) groups excluding carboxylic acids is 3. The van der Waals surface area contributed by atoms with Gasteiger partial charge in [0.15, 0.2) is 27.2 Å². The van der Waals surface area contributed by atoms with Crippen LogP contribution in [0, 0.1) is 0 Å². The monoisotopic (exact) mass is 505 g/mol. The third kappa shape index (κ3) is 6.07. The van der Waals surface area contributed by atoms with Crippen LogP contribution in [0.4, 0.5) is 5.13 Å². The molecule has 2 atom stereocenters. The van der Waals surface area contributed by atoms with E-state index in [2.05, 4.69) is 20.2 Å². The van der Waals surface area contributed by atoms with E-state index in [9.17, 15) is 27.4 Å². The zero-order valence-electron chi connectivity index (χ0n) is 17.3. The Labute approximate surface area is 214 Å². The third-order valence-electron chi connectivity index (χ3n) is 4.23. The van der Waals surface area contributed by atoms with E-state index in [1.54, 1.807) is 24.3 Å². The van der Waals surface area contributed by atoms with Crippen molar-refractivity contribution in [1.29, 1.82) is 0 Å². The van der Waals surface area contributed by atoms with Crippen molar-refractivity contribution < 1.29 is 66.5 Å². The molecule has 1 aliphatic rings. The zero-order chi connectivity index (χ0) is 23.5. The first kappa shape index (κ1) is 26.7. The molecule has 1 aromatic carbocycles. The second kappa shape index (κ2) is 11.0. The van der Waals surface area contributed by atoms with Crippen molar-refractivity contribution in [3.8, 4) is 0 Å². The molecular weight excluding hydrogens is 489 g/mol. The number of hydrogen-bond acceptors (Lipinski definition) is 12. The van der Waals surface area contributed by atoms with E-state index in [1.807, 2.05) is 6.07 Å². The Morgan fingerprint density at radius 1 is 1.33 bits per heavy atom. The number of nitrogens with zero attached hydrogens (tertiary/aromatic N) is 3. The molecule has 0 saturated carbocycles. The Balaban J connectivity index is 0.00000385. The number of ether oxygens (including phenoxy) is 1. The number of benzene rings is 1. The molecule has 2 heterocycles. The Morgan fingerprint density at radius 2 is 2.00 bits per heavy atom. The molecule has 0 bridgehead atoms. The summed E-state index contributed by atoms with van der Waals surface area (Å²) < 4.78 is 38.1. The molecule has 1 aromatic heterocycles. The number of hydrogen-bond donors (Lipinski definition) is 2. The van der Waals surface area contributed by atoms with Gasteiger partial charge >= 0.3 is 35.5 Å². The first-order valence-corrected chi connectivity index (χ1v) is 11.0. The molecule has 0 radical (unpaired) electrons. The summed E-state index contributed by atoms with van der Waals surface area (Å²) in [6.45, 7) is 0.00654.